The number of carbonyl (C=O) groups excluding carboxylic acids is 2. The van der Waals surface area contributed by atoms with E-state index in [1.54, 1.807) is 0 Å². The summed E-state index contributed by atoms with van der Waals surface area (Å²) in [6.45, 7) is 14.1. The minimum Gasteiger partial charge on any atom is -0.356 e. The van der Waals surface area contributed by atoms with E-state index in [9.17, 15) is 9.59 Å². The quantitative estimate of drug-likeness (QED) is 0.523. The van der Waals surface area contributed by atoms with E-state index in [0.29, 0.717) is 18.6 Å². The summed E-state index contributed by atoms with van der Waals surface area (Å²) < 4.78 is 0. The van der Waals surface area contributed by atoms with Gasteiger partial charge in [0.15, 0.2) is 0 Å². The first kappa shape index (κ1) is 23.1. The van der Waals surface area contributed by atoms with Crippen LogP contribution in [-0.4, -0.2) is 30.3 Å². The number of hydrogen-bond donors (Lipinski definition) is 2. The second kappa shape index (κ2) is 11.6. The normalized spacial score (nSPS) is 12.2. The van der Waals surface area contributed by atoms with Gasteiger partial charge in [-0.1, -0.05) is 33.6 Å². The molecular weight excluding hydrogens is 300 g/mol. The summed E-state index contributed by atoms with van der Waals surface area (Å²) in [7, 11) is 0. The molecule has 0 atom stereocenters. The molecule has 0 aliphatic rings. The molecule has 0 bridgehead atoms. The van der Waals surface area contributed by atoms with Gasteiger partial charge in [-0.15, -0.1) is 0 Å². The van der Waals surface area contributed by atoms with Crippen LogP contribution in [0.4, 0.5) is 0 Å². The van der Waals surface area contributed by atoms with Crippen LogP contribution in [0.1, 0.15) is 92.9 Å². The monoisotopic (exact) mass is 340 g/mol. The van der Waals surface area contributed by atoms with Crippen LogP contribution in [0.5, 0.6) is 0 Å². The Bertz CT molecular complexity index is 365. The van der Waals surface area contributed by atoms with Gasteiger partial charge in [0.2, 0.25) is 5.91 Å². The number of rotatable bonds is 12. The third kappa shape index (κ3) is 14.7. The molecule has 0 aromatic carbocycles. The van der Waals surface area contributed by atoms with E-state index in [-0.39, 0.29) is 16.9 Å². The fourth-order valence-electron chi connectivity index (χ4n) is 2.33. The topological polar surface area (TPSA) is 58.2 Å². The van der Waals surface area contributed by atoms with E-state index in [2.05, 4.69) is 31.4 Å². The third-order valence-corrected chi connectivity index (χ3v) is 3.98. The van der Waals surface area contributed by atoms with Crippen LogP contribution in [0.15, 0.2) is 0 Å². The molecule has 4 heteroatoms. The number of amides is 1. The average molecular weight is 341 g/mol. The molecular formula is C20H40N2O2. The van der Waals surface area contributed by atoms with E-state index in [0.717, 1.165) is 51.6 Å². The van der Waals surface area contributed by atoms with Gasteiger partial charge in [0.1, 0.15) is 5.78 Å². The van der Waals surface area contributed by atoms with Crippen molar-refractivity contribution < 1.29 is 9.59 Å². The molecule has 4 nitrogen and oxygen atoms in total. The highest BCUT2D eigenvalue weighted by Crippen LogP contribution is 2.18. The molecule has 0 fully saturated rings. The summed E-state index contributed by atoms with van der Waals surface area (Å²) >= 11 is 0. The maximum Gasteiger partial charge on any atom is 0.219 e. The Kier molecular flexibility index (Phi) is 11.2. The molecule has 0 aliphatic carbocycles. The first-order valence-corrected chi connectivity index (χ1v) is 9.57. The molecule has 1 amide bonds. The van der Waals surface area contributed by atoms with Gasteiger partial charge in [-0.2, -0.15) is 0 Å². The Balaban J connectivity index is 3.43. The van der Waals surface area contributed by atoms with Gasteiger partial charge in [0, 0.05) is 30.3 Å². The fraction of sp³-hybridized carbons (Fsp3) is 0.900. The maximum absolute atomic E-state index is 11.8. The minimum absolute atomic E-state index is 0.157. The molecule has 0 heterocycles. The number of Topliss-reactive ketones (excluding diaryl/α,β-unsaturated/α-hetero) is 1. The zero-order valence-corrected chi connectivity index (χ0v) is 16.9. The smallest absolute Gasteiger partial charge is 0.219 e. The molecule has 0 saturated heterocycles. The van der Waals surface area contributed by atoms with Gasteiger partial charge < -0.3 is 10.6 Å². The van der Waals surface area contributed by atoms with Crippen molar-refractivity contribution in [2.24, 2.45) is 5.41 Å². The van der Waals surface area contributed by atoms with Crippen LogP contribution in [0, 0.1) is 5.41 Å². The van der Waals surface area contributed by atoms with E-state index < -0.39 is 0 Å². The average Bonchev–Trinajstić information content (AvgIpc) is 2.43. The second-order valence-electron chi connectivity index (χ2n) is 8.82. The van der Waals surface area contributed by atoms with Crippen molar-refractivity contribution in [2.45, 2.75) is 98.4 Å². The number of hydrogen-bond acceptors (Lipinski definition) is 3. The Morgan fingerprint density at radius 2 is 1.25 bits per heavy atom. The van der Waals surface area contributed by atoms with E-state index in [1.165, 1.54) is 0 Å². The lowest BCUT2D eigenvalue weighted by atomic mass is 9.88. The lowest BCUT2D eigenvalue weighted by Gasteiger charge is -2.20. The number of carbonyl (C=O) groups is 2. The number of unbranched alkanes of at least 4 members (excludes halogenated alkanes) is 4. The van der Waals surface area contributed by atoms with Crippen LogP contribution < -0.4 is 10.6 Å². The Morgan fingerprint density at radius 1 is 0.708 bits per heavy atom. The van der Waals surface area contributed by atoms with E-state index >= 15 is 0 Å². The summed E-state index contributed by atoms with van der Waals surface area (Å²) in [5.74, 6) is 0.483. The van der Waals surface area contributed by atoms with E-state index in [4.69, 9.17) is 0 Å². The molecule has 0 unspecified atom stereocenters. The highest BCUT2D eigenvalue weighted by atomic mass is 16.1. The Hall–Kier alpha value is -0.900. The first-order valence-electron chi connectivity index (χ1n) is 9.57. The van der Waals surface area contributed by atoms with Crippen LogP contribution in [0.25, 0.3) is 0 Å². The minimum atomic E-state index is -0.226. The highest BCUT2D eigenvalue weighted by molar-refractivity contribution is 5.83. The molecule has 142 valence electrons. The van der Waals surface area contributed by atoms with Gasteiger partial charge >= 0.3 is 0 Å². The molecule has 0 rings (SSSR count). The molecule has 0 saturated carbocycles. The number of nitrogens with one attached hydrogen (secondary N) is 2. The van der Waals surface area contributed by atoms with Crippen molar-refractivity contribution >= 4 is 11.7 Å². The first-order chi connectivity index (χ1) is 11.0. The van der Waals surface area contributed by atoms with Crippen molar-refractivity contribution in [2.75, 3.05) is 13.1 Å². The van der Waals surface area contributed by atoms with Crippen molar-refractivity contribution in [3.05, 3.63) is 0 Å². The largest absolute Gasteiger partial charge is 0.356 e. The summed E-state index contributed by atoms with van der Waals surface area (Å²) in [4.78, 5) is 23.5. The summed E-state index contributed by atoms with van der Waals surface area (Å²) in [6.07, 6.45) is 7.32. The fourth-order valence-corrected chi connectivity index (χ4v) is 2.33. The highest BCUT2D eigenvalue weighted by Gasteiger charge is 2.19. The molecule has 0 radical (unpaired) electrons. The SMILES string of the molecule is CC(C)(C)NCCCCCC(=O)NCCCCCC(=O)C(C)(C)C. The molecule has 0 spiro atoms. The van der Waals surface area contributed by atoms with Gasteiger partial charge in [-0.3, -0.25) is 9.59 Å². The Labute approximate surface area is 149 Å². The second-order valence-corrected chi connectivity index (χ2v) is 8.82. The standard InChI is InChI=1S/C20H40N2O2/c1-19(2,3)17(23)13-9-7-11-15-21-18(24)14-10-8-12-16-22-20(4,5)6/h22H,7-16H2,1-6H3,(H,21,24). The van der Waals surface area contributed by atoms with E-state index in [1.807, 2.05) is 20.8 Å². The van der Waals surface area contributed by atoms with Gasteiger partial charge in [0.25, 0.3) is 0 Å². The lowest BCUT2D eigenvalue weighted by molar-refractivity contribution is -0.126. The van der Waals surface area contributed by atoms with Crippen molar-refractivity contribution in [3.8, 4) is 0 Å². The van der Waals surface area contributed by atoms with Crippen LogP contribution in [0.3, 0.4) is 0 Å². The Morgan fingerprint density at radius 3 is 1.79 bits per heavy atom. The molecule has 0 aromatic heterocycles. The molecule has 0 aliphatic heterocycles. The van der Waals surface area contributed by atoms with Crippen molar-refractivity contribution in [1.82, 2.24) is 10.6 Å². The summed E-state index contributed by atoms with van der Waals surface area (Å²) in [6, 6.07) is 0. The summed E-state index contributed by atoms with van der Waals surface area (Å²) in [5, 5.41) is 6.43. The predicted octanol–water partition coefficient (Wildman–Crippen LogP) is 4.23. The van der Waals surface area contributed by atoms with Crippen molar-refractivity contribution in [3.63, 3.8) is 0 Å². The zero-order valence-electron chi connectivity index (χ0n) is 16.9. The number of ketones is 1. The third-order valence-electron chi connectivity index (χ3n) is 3.98. The van der Waals surface area contributed by atoms with Gasteiger partial charge in [-0.05, 0) is 53.0 Å². The lowest BCUT2D eigenvalue weighted by Crippen LogP contribution is -2.36. The molecule has 0 aromatic rings. The molecule has 24 heavy (non-hydrogen) atoms. The van der Waals surface area contributed by atoms with Crippen LogP contribution >= 0.6 is 0 Å². The summed E-state index contributed by atoms with van der Waals surface area (Å²) in [5.41, 5.74) is -0.0501. The zero-order chi connectivity index (χ0) is 18.6. The van der Waals surface area contributed by atoms with Crippen LogP contribution in [-0.2, 0) is 9.59 Å². The van der Waals surface area contributed by atoms with Crippen LogP contribution in [0.2, 0.25) is 0 Å². The van der Waals surface area contributed by atoms with Gasteiger partial charge in [-0.25, -0.2) is 0 Å². The molecule has 2 N–H and O–H groups in total. The van der Waals surface area contributed by atoms with Gasteiger partial charge in [0.05, 0.1) is 0 Å². The maximum atomic E-state index is 11.8. The van der Waals surface area contributed by atoms with Crippen molar-refractivity contribution in [1.29, 1.82) is 0 Å². The predicted molar refractivity (Wildman–Crippen MR) is 102 cm³/mol.